The van der Waals surface area contributed by atoms with E-state index in [1.807, 2.05) is 0 Å². The van der Waals surface area contributed by atoms with Crippen molar-refractivity contribution in [2.24, 2.45) is 17.0 Å². The maximum absolute atomic E-state index is 4.94. The molecule has 0 spiro atoms. The number of rotatable bonds is 1. The lowest BCUT2D eigenvalue weighted by atomic mass is 9.90. The molecule has 1 atom stereocenters. The van der Waals surface area contributed by atoms with Gasteiger partial charge in [0, 0.05) is 25.4 Å². The number of oxime groups is 1. The van der Waals surface area contributed by atoms with E-state index in [-0.39, 0.29) is 12.4 Å². The summed E-state index contributed by atoms with van der Waals surface area (Å²) in [4.78, 5) is 4.94. The molecule has 2 heterocycles. The van der Waals surface area contributed by atoms with Crippen LogP contribution in [0.3, 0.4) is 0 Å². The third kappa shape index (κ3) is 4.62. The van der Waals surface area contributed by atoms with Crippen molar-refractivity contribution in [2.75, 3.05) is 19.7 Å². The number of hydrogen-bond acceptors (Lipinski definition) is 3. The van der Waals surface area contributed by atoms with Crippen LogP contribution in [0.4, 0.5) is 0 Å². The number of halogens is 1. The van der Waals surface area contributed by atoms with Gasteiger partial charge in [-0.1, -0.05) is 30.5 Å². The second kappa shape index (κ2) is 8.54. The van der Waals surface area contributed by atoms with Crippen LogP contribution in [0.15, 0.2) is 17.8 Å². The summed E-state index contributed by atoms with van der Waals surface area (Å²) in [5.41, 5.74) is 1.26. The van der Waals surface area contributed by atoms with E-state index in [2.05, 4.69) is 23.1 Å². The molecular weight excluding hydrogens is 248 g/mol. The Morgan fingerprint density at radius 1 is 1.28 bits per heavy atom. The van der Waals surface area contributed by atoms with E-state index in [4.69, 9.17) is 4.84 Å². The molecule has 0 aromatic carbocycles. The van der Waals surface area contributed by atoms with Gasteiger partial charge < -0.3 is 10.2 Å². The molecule has 2 fully saturated rings. The first-order valence-corrected chi connectivity index (χ1v) is 6.92. The molecule has 4 heteroatoms. The standard InChI is InChI=1S/C8H14.C6H10N2O.ClH/c1-2-8-6-4-3-5-7-8;1-2-7-3-5-4-9-8-6(1)5;/h2,8H,1,3-7H2;5,7H,1-4H2;1H. The minimum absolute atomic E-state index is 0. The maximum atomic E-state index is 4.94. The van der Waals surface area contributed by atoms with Crippen molar-refractivity contribution < 1.29 is 4.84 Å². The van der Waals surface area contributed by atoms with Gasteiger partial charge in [-0.2, -0.15) is 0 Å². The summed E-state index contributed by atoms with van der Waals surface area (Å²) in [6.45, 7) is 6.70. The van der Waals surface area contributed by atoms with Gasteiger partial charge in [0.15, 0.2) is 0 Å². The lowest BCUT2D eigenvalue weighted by molar-refractivity contribution is 0.154. The maximum Gasteiger partial charge on any atom is 0.126 e. The third-order valence-corrected chi connectivity index (χ3v) is 3.86. The highest BCUT2D eigenvalue weighted by Gasteiger charge is 2.25. The van der Waals surface area contributed by atoms with E-state index in [9.17, 15) is 0 Å². The van der Waals surface area contributed by atoms with Gasteiger partial charge >= 0.3 is 0 Å². The van der Waals surface area contributed by atoms with Crippen molar-refractivity contribution in [3.05, 3.63) is 12.7 Å². The van der Waals surface area contributed by atoms with Gasteiger partial charge in [0.1, 0.15) is 6.61 Å². The number of nitrogens with one attached hydrogen (secondary N) is 1. The zero-order valence-electron chi connectivity index (χ0n) is 11.1. The van der Waals surface area contributed by atoms with Crippen LogP contribution in [0.1, 0.15) is 38.5 Å². The second-order valence-corrected chi connectivity index (χ2v) is 5.16. The molecule has 1 saturated heterocycles. The van der Waals surface area contributed by atoms with Crippen LogP contribution < -0.4 is 5.32 Å². The van der Waals surface area contributed by atoms with Crippen LogP contribution in [0.5, 0.6) is 0 Å². The molecule has 104 valence electrons. The van der Waals surface area contributed by atoms with Crippen molar-refractivity contribution in [2.45, 2.75) is 38.5 Å². The lowest BCUT2D eigenvalue weighted by Crippen LogP contribution is -2.36. The van der Waals surface area contributed by atoms with Gasteiger partial charge in [-0.3, -0.25) is 0 Å². The number of hydrogen-bond donors (Lipinski definition) is 1. The average Bonchev–Trinajstić information content (AvgIpc) is 2.89. The zero-order valence-corrected chi connectivity index (χ0v) is 11.9. The Balaban J connectivity index is 0.000000172. The molecular formula is C14H25ClN2O. The molecule has 1 aliphatic carbocycles. The largest absolute Gasteiger partial charge is 0.395 e. The van der Waals surface area contributed by atoms with Crippen molar-refractivity contribution in [1.29, 1.82) is 0 Å². The minimum Gasteiger partial charge on any atom is -0.395 e. The summed E-state index contributed by atoms with van der Waals surface area (Å²) >= 11 is 0. The Bertz CT molecular complexity index is 275. The van der Waals surface area contributed by atoms with Crippen molar-refractivity contribution >= 4 is 18.1 Å². The fourth-order valence-corrected chi connectivity index (χ4v) is 2.67. The van der Waals surface area contributed by atoms with Crippen molar-refractivity contribution in [1.82, 2.24) is 5.32 Å². The Morgan fingerprint density at radius 3 is 2.67 bits per heavy atom. The number of allylic oxidation sites excluding steroid dienone is 1. The molecule has 0 bridgehead atoms. The van der Waals surface area contributed by atoms with Gasteiger partial charge in [-0.15, -0.1) is 19.0 Å². The Kier molecular flexibility index (Phi) is 7.36. The lowest BCUT2D eigenvalue weighted by Gasteiger charge is -2.16. The zero-order chi connectivity index (χ0) is 11.9. The van der Waals surface area contributed by atoms with Crippen LogP contribution >= 0.6 is 12.4 Å². The van der Waals surface area contributed by atoms with Crippen LogP contribution in [-0.4, -0.2) is 25.4 Å². The van der Waals surface area contributed by atoms with E-state index < -0.39 is 0 Å². The first-order chi connectivity index (χ1) is 8.40. The fourth-order valence-electron chi connectivity index (χ4n) is 2.67. The number of nitrogens with zero attached hydrogens (tertiary/aromatic N) is 1. The quantitative estimate of drug-likeness (QED) is 0.744. The molecule has 2 aliphatic heterocycles. The van der Waals surface area contributed by atoms with Crippen LogP contribution in [0.2, 0.25) is 0 Å². The van der Waals surface area contributed by atoms with Gasteiger partial charge in [0.25, 0.3) is 0 Å². The molecule has 3 rings (SSSR count). The average molecular weight is 273 g/mol. The molecule has 1 unspecified atom stereocenters. The summed E-state index contributed by atoms with van der Waals surface area (Å²) in [6, 6.07) is 0. The van der Waals surface area contributed by atoms with Gasteiger partial charge in [0.05, 0.1) is 5.71 Å². The summed E-state index contributed by atoms with van der Waals surface area (Å²) in [6.07, 6.45) is 10.3. The van der Waals surface area contributed by atoms with E-state index in [0.29, 0.717) is 5.92 Å². The monoisotopic (exact) mass is 272 g/mol. The highest BCUT2D eigenvalue weighted by Crippen LogP contribution is 2.23. The number of fused-ring (bicyclic) bond motifs is 1. The molecule has 0 amide bonds. The summed E-state index contributed by atoms with van der Waals surface area (Å²) in [5.74, 6) is 1.43. The first-order valence-electron chi connectivity index (χ1n) is 6.92. The van der Waals surface area contributed by atoms with Crippen molar-refractivity contribution in [3.8, 4) is 0 Å². The van der Waals surface area contributed by atoms with Crippen LogP contribution in [0, 0.1) is 11.8 Å². The van der Waals surface area contributed by atoms with Crippen molar-refractivity contribution in [3.63, 3.8) is 0 Å². The van der Waals surface area contributed by atoms with E-state index in [0.717, 1.165) is 32.0 Å². The van der Waals surface area contributed by atoms with Gasteiger partial charge in [-0.25, -0.2) is 0 Å². The molecule has 1 saturated carbocycles. The van der Waals surface area contributed by atoms with Crippen LogP contribution in [0.25, 0.3) is 0 Å². The topological polar surface area (TPSA) is 33.6 Å². The first kappa shape index (κ1) is 15.5. The molecule has 0 aromatic heterocycles. The second-order valence-electron chi connectivity index (χ2n) is 5.16. The summed E-state index contributed by atoms with van der Waals surface area (Å²) < 4.78 is 0. The fraction of sp³-hybridized carbons (Fsp3) is 0.786. The van der Waals surface area contributed by atoms with Gasteiger partial charge in [0.2, 0.25) is 0 Å². The summed E-state index contributed by atoms with van der Waals surface area (Å²) in [5, 5.41) is 7.23. The molecule has 0 aromatic rings. The normalized spacial score (nSPS) is 26.7. The molecule has 0 radical (unpaired) electrons. The Labute approximate surface area is 116 Å². The highest BCUT2D eigenvalue weighted by atomic mass is 35.5. The molecule has 3 aliphatic rings. The SMILES string of the molecule is C1CC2=NOCC2CN1.C=CC1CCCCC1.Cl. The highest BCUT2D eigenvalue weighted by molar-refractivity contribution is 5.88. The Morgan fingerprint density at radius 2 is 2.06 bits per heavy atom. The predicted octanol–water partition coefficient (Wildman–Crippen LogP) is 3.16. The molecule has 18 heavy (non-hydrogen) atoms. The Hall–Kier alpha value is -0.540. The third-order valence-electron chi connectivity index (χ3n) is 3.86. The van der Waals surface area contributed by atoms with Crippen LogP contribution in [-0.2, 0) is 4.84 Å². The summed E-state index contributed by atoms with van der Waals surface area (Å²) in [7, 11) is 0. The number of piperidine rings is 1. The smallest absolute Gasteiger partial charge is 0.126 e. The van der Waals surface area contributed by atoms with E-state index >= 15 is 0 Å². The van der Waals surface area contributed by atoms with Gasteiger partial charge in [-0.05, 0) is 18.8 Å². The molecule has 1 N–H and O–H groups in total. The molecule has 3 nitrogen and oxygen atoms in total. The van der Waals surface area contributed by atoms with E-state index in [1.165, 1.54) is 37.8 Å². The minimum atomic E-state index is 0. The predicted molar refractivity (Wildman–Crippen MR) is 78.4 cm³/mol. The van der Waals surface area contributed by atoms with E-state index in [1.54, 1.807) is 0 Å².